The van der Waals surface area contributed by atoms with Crippen molar-refractivity contribution in [2.75, 3.05) is 7.11 Å². The molecular formula is C13H23NO6Si. The monoisotopic (exact) mass is 317 g/mol. The van der Waals surface area contributed by atoms with Crippen molar-refractivity contribution in [3.8, 4) is 0 Å². The molecule has 2 amide bonds. The second-order valence-corrected chi connectivity index (χ2v) is 11.4. The van der Waals surface area contributed by atoms with Gasteiger partial charge in [0.05, 0.1) is 7.11 Å². The van der Waals surface area contributed by atoms with Crippen LogP contribution in [0.2, 0.25) is 18.1 Å². The quantitative estimate of drug-likeness (QED) is 0.630. The third-order valence-corrected chi connectivity index (χ3v) is 8.67. The predicted octanol–water partition coefficient (Wildman–Crippen LogP) is 1.83. The molecule has 7 nitrogen and oxygen atoms in total. The first-order valence-corrected chi connectivity index (χ1v) is 9.65. The van der Waals surface area contributed by atoms with Gasteiger partial charge in [0.2, 0.25) is 0 Å². The van der Waals surface area contributed by atoms with Gasteiger partial charge in [0.1, 0.15) is 12.1 Å². The van der Waals surface area contributed by atoms with Gasteiger partial charge >= 0.3 is 12.1 Å². The predicted molar refractivity (Wildman–Crippen MR) is 77.4 cm³/mol. The Hall–Kier alpha value is -1.41. The van der Waals surface area contributed by atoms with Crippen LogP contribution >= 0.6 is 0 Å². The number of carbonyl (C=O) groups is 3. The van der Waals surface area contributed by atoms with Crippen LogP contribution in [0.3, 0.4) is 0 Å². The van der Waals surface area contributed by atoms with Gasteiger partial charge in [-0.1, -0.05) is 20.8 Å². The van der Waals surface area contributed by atoms with E-state index in [1.807, 2.05) is 33.9 Å². The zero-order valence-electron chi connectivity index (χ0n) is 13.3. The fourth-order valence-electron chi connectivity index (χ4n) is 1.91. The van der Waals surface area contributed by atoms with Gasteiger partial charge in [0, 0.05) is 6.42 Å². The van der Waals surface area contributed by atoms with Crippen molar-refractivity contribution >= 4 is 26.3 Å². The summed E-state index contributed by atoms with van der Waals surface area (Å²) in [6.07, 6.45) is -2.37. The van der Waals surface area contributed by atoms with E-state index in [0.717, 1.165) is 7.11 Å². The van der Waals surface area contributed by atoms with Gasteiger partial charge < -0.3 is 14.3 Å². The lowest BCUT2D eigenvalue weighted by Gasteiger charge is -2.37. The molecule has 1 N–H and O–H groups in total. The van der Waals surface area contributed by atoms with Crippen LogP contribution in [-0.2, 0) is 18.8 Å². The highest BCUT2D eigenvalue weighted by atomic mass is 28.4. The van der Waals surface area contributed by atoms with Crippen molar-refractivity contribution in [3.63, 3.8) is 0 Å². The van der Waals surface area contributed by atoms with Crippen LogP contribution in [0.15, 0.2) is 0 Å². The third-order valence-electron chi connectivity index (χ3n) is 4.18. The highest BCUT2D eigenvalue weighted by molar-refractivity contribution is 6.74. The molecule has 1 saturated heterocycles. The molecule has 1 rings (SSSR count). The van der Waals surface area contributed by atoms with Crippen molar-refractivity contribution in [2.24, 2.45) is 0 Å². The number of carbonyl (C=O) groups excluding carboxylic acids is 2. The Bertz CT molecular complexity index is 456. The highest BCUT2D eigenvalue weighted by Crippen LogP contribution is 2.39. The first kappa shape index (κ1) is 17.6. The number of methoxy groups -OCH3 is 1. The number of hydrogen-bond donors (Lipinski definition) is 1. The first-order valence-electron chi connectivity index (χ1n) is 6.74. The van der Waals surface area contributed by atoms with Crippen LogP contribution < -0.4 is 0 Å². The molecule has 1 fully saturated rings. The molecule has 1 aliphatic heterocycles. The molecule has 0 aromatic rings. The average molecular weight is 317 g/mol. The van der Waals surface area contributed by atoms with E-state index in [-0.39, 0.29) is 11.5 Å². The Balaban J connectivity index is 3.00. The molecule has 2 atom stereocenters. The van der Waals surface area contributed by atoms with E-state index in [2.05, 4.69) is 4.74 Å². The van der Waals surface area contributed by atoms with E-state index in [0.29, 0.717) is 4.90 Å². The van der Waals surface area contributed by atoms with Crippen LogP contribution in [0.4, 0.5) is 4.79 Å². The molecule has 0 spiro atoms. The lowest BCUT2D eigenvalue weighted by Crippen LogP contribution is -2.47. The van der Waals surface area contributed by atoms with E-state index in [1.165, 1.54) is 0 Å². The molecular weight excluding hydrogens is 294 g/mol. The molecule has 0 aromatic carbocycles. The van der Waals surface area contributed by atoms with E-state index in [4.69, 9.17) is 9.53 Å². The Morgan fingerprint density at radius 3 is 2.24 bits per heavy atom. The Kier molecular flexibility index (Phi) is 4.84. The molecule has 21 heavy (non-hydrogen) atoms. The SMILES string of the molecule is COC(=O)C1CC(O[Si](C)(C)C(C)(C)C)C(=O)N1C(=O)O. The summed E-state index contributed by atoms with van der Waals surface area (Å²) in [5, 5.41) is 9.01. The van der Waals surface area contributed by atoms with Gasteiger partial charge in [0.15, 0.2) is 8.32 Å². The van der Waals surface area contributed by atoms with Gasteiger partial charge in [-0.25, -0.2) is 14.5 Å². The first-order chi connectivity index (χ1) is 9.42. The number of nitrogens with zero attached hydrogens (tertiary/aromatic N) is 1. The van der Waals surface area contributed by atoms with E-state index in [9.17, 15) is 14.4 Å². The molecule has 2 unspecified atom stereocenters. The minimum absolute atomic E-state index is 0.00428. The minimum atomic E-state index is -2.24. The van der Waals surface area contributed by atoms with Crippen LogP contribution in [0.1, 0.15) is 27.2 Å². The molecule has 0 aromatic heterocycles. The maximum Gasteiger partial charge on any atom is 0.414 e. The summed E-state index contributed by atoms with van der Waals surface area (Å²) in [7, 11) is -1.08. The van der Waals surface area contributed by atoms with Gasteiger partial charge in [-0.05, 0) is 18.1 Å². The zero-order valence-corrected chi connectivity index (χ0v) is 14.3. The Labute approximate surface area is 125 Å². The summed E-state index contributed by atoms with van der Waals surface area (Å²) < 4.78 is 10.5. The van der Waals surface area contributed by atoms with E-state index < -0.39 is 38.4 Å². The number of amides is 2. The van der Waals surface area contributed by atoms with Crippen molar-refractivity contribution in [1.82, 2.24) is 4.90 Å². The van der Waals surface area contributed by atoms with Gasteiger partial charge in [0.25, 0.3) is 5.91 Å². The van der Waals surface area contributed by atoms with E-state index in [1.54, 1.807) is 0 Å². The van der Waals surface area contributed by atoms with Crippen LogP contribution in [0.5, 0.6) is 0 Å². The normalized spacial score (nSPS) is 23.3. The lowest BCUT2D eigenvalue weighted by atomic mass is 10.2. The van der Waals surface area contributed by atoms with Gasteiger partial charge in [-0.3, -0.25) is 4.79 Å². The average Bonchev–Trinajstić information content (AvgIpc) is 2.64. The summed E-state index contributed by atoms with van der Waals surface area (Å²) in [6, 6.07) is -1.13. The number of ether oxygens (including phenoxy) is 1. The number of likely N-dealkylation sites (tertiary alicyclic amines) is 1. The smallest absolute Gasteiger partial charge is 0.414 e. The number of rotatable bonds is 3. The van der Waals surface area contributed by atoms with Crippen molar-refractivity contribution in [2.45, 2.75) is 57.5 Å². The fourth-order valence-corrected chi connectivity index (χ4v) is 3.18. The maximum absolute atomic E-state index is 12.2. The molecule has 0 radical (unpaired) electrons. The standard InChI is InChI=1S/C13H23NO6Si/c1-13(2,3)21(5,6)20-9-7-8(11(16)19-4)14(10(9)15)12(17)18/h8-9H,7H2,1-6H3,(H,17,18). The highest BCUT2D eigenvalue weighted by Gasteiger charge is 2.51. The Morgan fingerprint density at radius 2 is 1.86 bits per heavy atom. The zero-order chi connectivity index (χ0) is 16.6. The Morgan fingerprint density at radius 1 is 1.33 bits per heavy atom. The summed E-state index contributed by atoms with van der Waals surface area (Å²) in [6.45, 7) is 10.00. The van der Waals surface area contributed by atoms with Crippen LogP contribution in [-0.4, -0.2) is 55.5 Å². The third kappa shape index (κ3) is 3.43. The lowest BCUT2D eigenvalue weighted by molar-refractivity contribution is -0.148. The largest absolute Gasteiger partial charge is 0.467 e. The molecule has 8 heteroatoms. The number of carboxylic acid groups (broad SMARTS) is 1. The topological polar surface area (TPSA) is 93.1 Å². The molecule has 1 aliphatic rings. The molecule has 1 heterocycles. The fraction of sp³-hybridized carbons (Fsp3) is 0.769. The number of esters is 1. The molecule has 0 bridgehead atoms. The van der Waals surface area contributed by atoms with Crippen molar-refractivity contribution in [3.05, 3.63) is 0 Å². The van der Waals surface area contributed by atoms with Gasteiger partial charge in [-0.15, -0.1) is 0 Å². The molecule has 120 valence electrons. The minimum Gasteiger partial charge on any atom is -0.467 e. The van der Waals surface area contributed by atoms with Gasteiger partial charge in [-0.2, -0.15) is 0 Å². The molecule has 0 aliphatic carbocycles. The summed E-state index contributed by atoms with van der Waals surface area (Å²) in [4.78, 5) is 35.6. The summed E-state index contributed by atoms with van der Waals surface area (Å²) >= 11 is 0. The van der Waals surface area contributed by atoms with Crippen molar-refractivity contribution < 1.29 is 28.7 Å². The van der Waals surface area contributed by atoms with Crippen molar-refractivity contribution in [1.29, 1.82) is 0 Å². The van der Waals surface area contributed by atoms with E-state index >= 15 is 0 Å². The number of imide groups is 1. The summed E-state index contributed by atoms with van der Waals surface area (Å²) in [5.74, 6) is -1.44. The molecule has 0 saturated carbocycles. The van der Waals surface area contributed by atoms with Crippen LogP contribution in [0, 0.1) is 0 Å². The second-order valence-electron chi connectivity index (χ2n) is 6.63. The maximum atomic E-state index is 12.2. The summed E-state index contributed by atoms with van der Waals surface area (Å²) in [5.41, 5.74) is 0. The van der Waals surface area contributed by atoms with Crippen LogP contribution in [0.25, 0.3) is 0 Å². The number of hydrogen-bond acceptors (Lipinski definition) is 5. The second kappa shape index (κ2) is 5.76.